The summed E-state index contributed by atoms with van der Waals surface area (Å²) in [5.74, 6) is -2.52. The van der Waals surface area contributed by atoms with E-state index in [1.54, 1.807) is 0 Å². The number of carbonyl (C=O) groups is 2. The zero-order chi connectivity index (χ0) is 14.1. The summed E-state index contributed by atoms with van der Waals surface area (Å²) in [4.78, 5) is 24.1. The summed E-state index contributed by atoms with van der Waals surface area (Å²) < 4.78 is 14.1. The predicted molar refractivity (Wildman–Crippen MR) is 67.9 cm³/mol. The maximum absolute atomic E-state index is 13.6. The lowest BCUT2D eigenvalue weighted by molar-refractivity contribution is -0.147. The molecule has 0 unspecified atom stereocenters. The van der Waals surface area contributed by atoms with E-state index in [0.29, 0.717) is 4.47 Å². The molecule has 0 aliphatic carbocycles. The number of benzene rings is 1. The van der Waals surface area contributed by atoms with Gasteiger partial charge in [-0.2, -0.15) is 0 Å². The van der Waals surface area contributed by atoms with Crippen molar-refractivity contribution in [1.29, 1.82) is 0 Å². The van der Waals surface area contributed by atoms with Crippen molar-refractivity contribution in [3.8, 4) is 0 Å². The summed E-state index contributed by atoms with van der Waals surface area (Å²) in [5.41, 5.74) is -1.58. The molecule has 1 amide bonds. The van der Waals surface area contributed by atoms with E-state index in [0.717, 1.165) is 11.0 Å². The summed E-state index contributed by atoms with van der Waals surface area (Å²) >= 11 is 3.14. The van der Waals surface area contributed by atoms with E-state index >= 15 is 0 Å². The van der Waals surface area contributed by atoms with Crippen LogP contribution in [0.2, 0.25) is 0 Å². The van der Waals surface area contributed by atoms with E-state index in [9.17, 15) is 14.0 Å². The summed E-state index contributed by atoms with van der Waals surface area (Å²) in [5, 5.41) is 9.03. The van der Waals surface area contributed by atoms with Gasteiger partial charge in [-0.05, 0) is 32.0 Å². The number of amides is 1. The number of carbonyl (C=O) groups excluding carboxylic acids is 1. The topological polar surface area (TPSA) is 57.6 Å². The molecule has 1 aromatic rings. The number of carboxylic acid groups (broad SMARTS) is 1. The molecule has 0 aliphatic heterocycles. The first-order chi connectivity index (χ1) is 8.17. The van der Waals surface area contributed by atoms with Crippen LogP contribution in [0.1, 0.15) is 24.2 Å². The second-order valence-electron chi connectivity index (χ2n) is 4.35. The first kappa shape index (κ1) is 14.6. The molecule has 1 N–H and O–H groups in total. The van der Waals surface area contributed by atoms with Crippen molar-refractivity contribution in [2.75, 3.05) is 7.05 Å². The molecule has 0 aromatic heterocycles. The minimum absolute atomic E-state index is 0.166. The molecule has 0 aliphatic rings. The molecule has 1 aromatic carbocycles. The molecule has 6 heteroatoms. The molecule has 0 atom stereocenters. The highest BCUT2D eigenvalue weighted by atomic mass is 79.9. The van der Waals surface area contributed by atoms with Crippen molar-refractivity contribution >= 4 is 27.8 Å². The second-order valence-corrected chi connectivity index (χ2v) is 5.27. The van der Waals surface area contributed by atoms with Gasteiger partial charge >= 0.3 is 5.97 Å². The van der Waals surface area contributed by atoms with Gasteiger partial charge in [-0.3, -0.25) is 4.79 Å². The van der Waals surface area contributed by atoms with E-state index in [1.807, 2.05) is 0 Å². The van der Waals surface area contributed by atoms with Gasteiger partial charge in [-0.25, -0.2) is 9.18 Å². The Morgan fingerprint density at radius 1 is 1.39 bits per heavy atom. The highest BCUT2D eigenvalue weighted by Gasteiger charge is 2.36. The molecule has 0 radical (unpaired) electrons. The molecule has 18 heavy (non-hydrogen) atoms. The minimum atomic E-state index is -1.41. The highest BCUT2D eigenvalue weighted by molar-refractivity contribution is 9.10. The van der Waals surface area contributed by atoms with Crippen LogP contribution in [0.25, 0.3) is 0 Å². The van der Waals surface area contributed by atoms with Gasteiger partial charge in [0.15, 0.2) is 0 Å². The summed E-state index contributed by atoms with van der Waals surface area (Å²) in [7, 11) is 1.33. The van der Waals surface area contributed by atoms with Gasteiger partial charge in [0.2, 0.25) is 0 Å². The average Bonchev–Trinajstić information content (AvgIpc) is 2.30. The smallest absolute Gasteiger partial charge is 0.329 e. The number of hydrogen-bond acceptors (Lipinski definition) is 2. The lowest BCUT2D eigenvalue weighted by Gasteiger charge is -2.31. The maximum atomic E-state index is 13.6. The molecule has 0 saturated carbocycles. The lowest BCUT2D eigenvalue weighted by atomic mass is 10.0. The molecule has 98 valence electrons. The van der Waals surface area contributed by atoms with Crippen LogP contribution in [0.4, 0.5) is 4.39 Å². The van der Waals surface area contributed by atoms with Crippen LogP contribution in [-0.4, -0.2) is 34.5 Å². The van der Waals surface area contributed by atoms with Gasteiger partial charge in [-0.1, -0.05) is 15.9 Å². The van der Waals surface area contributed by atoms with E-state index in [2.05, 4.69) is 15.9 Å². The fourth-order valence-corrected chi connectivity index (χ4v) is 1.60. The average molecular weight is 318 g/mol. The van der Waals surface area contributed by atoms with E-state index in [1.165, 1.54) is 33.0 Å². The van der Waals surface area contributed by atoms with Gasteiger partial charge in [0, 0.05) is 11.5 Å². The van der Waals surface area contributed by atoms with E-state index < -0.39 is 23.2 Å². The molecule has 0 fully saturated rings. The maximum Gasteiger partial charge on any atom is 0.329 e. The summed E-state index contributed by atoms with van der Waals surface area (Å²) in [6, 6.07) is 3.94. The normalized spacial score (nSPS) is 11.2. The second kappa shape index (κ2) is 5.06. The van der Waals surface area contributed by atoms with Gasteiger partial charge in [0.25, 0.3) is 5.91 Å². The Kier molecular flexibility index (Phi) is 4.11. The first-order valence-electron chi connectivity index (χ1n) is 5.14. The van der Waals surface area contributed by atoms with Gasteiger partial charge < -0.3 is 10.0 Å². The zero-order valence-electron chi connectivity index (χ0n) is 10.2. The Morgan fingerprint density at radius 2 is 1.94 bits per heavy atom. The summed E-state index contributed by atoms with van der Waals surface area (Å²) in [6.07, 6.45) is 0. The van der Waals surface area contributed by atoms with Crippen molar-refractivity contribution in [3.63, 3.8) is 0 Å². The van der Waals surface area contributed by atoms with Crippen molar-refractivity contribution < 1.29 is 19.1 Å². The third kappa shape index (κ3) is 2.69. The molecule has 0 heterocycles. The van der Waals surface area contributed by atoms with Crippen LogP contribution in [0.15, 0.2) is 22.7 Å². The number of nitrogens with zero attached hydrogens (tertiary/aromatic N) is 1. The van der Waals surface area contributed by atoms with E-state index in [4.69, 9.17) is 5.11 Å². The highest BCUT2D eigenvalue weighted by Crippen LogP contribution is 2.21. The number of carboxylic acids is 1. The molecular formula is C12H13BrFNO3. The van der Waals surface area contributed by atoms with Crippen molar-refractivity contribution in [3.05, 3.63) is 34.1 Å². The Morgan fingerprint density at radius 3 is 2.44 bits per heavy atom. The first-order valence-corrected chi connectivity index (χ1v) is 5.94. The third-order valence-corrected chi connectivity index (χ3v) is 3.32. The van der Waals surface area contributed by atoms with Crippen LogP contribution >= 0.6 is 15.9 Å². The largest absolute Gasteiger partial charge is 0.480 e. The Balaban J connectivity index is 3.15. The van der Waals surface area contributed by atoms with Crippen LogP contribution < -0.4 is 0 Å². The lowest BCUT2D eigenvalue weighted by Crippen LogP contribution is -2.50. The number of rotatable bonds is 3. The minimum Gasteiger partial charge on any atom is -0.480 e. The fraction of sp³-hybridized carbons (Fsp3) is 0.333. The van der Waals surface area contributed by atoms with Crippen molar-refractivity contribution in [2.45, 2.75) is 19.4 Å². The number of hydrogen-bond donors (Lipinski definition) is 1. The molecule has 1 rings (SSSR count). The predicted octanol–water partition coefficient (Wildman–Crippen LogP) is 2.52. The Labute approximate surface area is 113 Å². The van der Waals surface area contributed by atoms with Gasteiger partial charge in [0.1, 0.15) is 11.4 Å². The zero-order valence-corrected chi connectivity index (χ0v) is 11.8. The molecule has 0 bridgehead atoms. The number of likely N-dealkylation sites (N-methyl/N-ethyl adjacent to an activating group) is 1. The molecule has 0 spiro atoms. The Bertz CT molecular complexity index is 502. The van der Waals surface area contributed by atoms with Crippen LogP contribution in [0.5, 0.6) is 0 Å². The summed E-state index contributed by atoms with van der Waals surface area (Å²) in [6.45, 7) is 2.76. The van der Waals surface area contributed by atoms with Crippen molar-refractivity contribution in [1.82, 2.24) is 4.90 Å². The SMILES string of the molecule is CN(C(=O)c1cc(Br)ccc1F)C(C)(C)C(=O)O. The quantitative estimate of drug-likeness (QED) is 0.932. The van der Waals surface area contributed by atoms with Crippen LogP contribution in [0.3, 0.4) is 0 Å². The molecular weight excluding hydrogens is 305 g/mol. The van der Waals surface area contributed by atoms with Crippen molar-refractivity contribution in [2.24, 2.45) is 0 Å². The standard InChI is InChI=1S/C12H13BrFNO3/c1-12(2,11(17)18)15(3)10(16)8-6-7(13)4-5-9(8)14/h4-6H,1-3H3,(H,17,18). The number of halogens is 2. The van der Waals surface area contributed by atoms with E-state index in [-0.39, 0.29) is 5.56 Å². The Hall–Kier alpha value is -1.43. The van der Waals surface area contributed by atoms with Crippen LogP contribution in [-0.2, 0) is 4.79 Å². The fourth-order valence-electron chi connectivity index (χ4n) is 1.24. The van der Waals surface area contributed by atoms with Gasteiger partial charge in [0.05, 0.1) is 5.56 Å². The molecule has 0 saturated heterocycles. The third-order valence-electron chi connectivity index (χ3n) is 2.83. The monoisotopic (exact) mass is 317 g/mol. The number of aliphatic carboxylic acids is 1. The van der Waals surface area contributed by atoms with Gasteiger partial charge in [-0.15, -0.1) is 0 Å². The molecule has 4 nitrogen and oxygen atoms in total. The van der Waals surface area contributed by atoms with Crippen LogP contribution in [0, 0.1) is 5.82 Å².